The van der Waals surface area contributed by atoms with E-state index in [1.807, 2.05) is 18.2 Å². The molecule has 1 atom stereocenters. The van der Waals surface area contributed by atoms with E-state index in [0.717, 1.165) is 71.9 Å². The Hall–Kier alpha value is -2.77. The molecular weight excluding hydrogens is 482 g/mol. The summed E-state index contributed by atoms with van der Waals surface area (Å²) in [6, 6.07) is 18.7. The van der Waals surface area contributed by atoms with Crippen LogP contribution in [-0.2, 0) is 6.54 Å². The van der Waals surface area contributed by atoms with Gasteiger partial charge in [-0.05, 0) is 29.8 Å². The molecule has 170 valence electrons. The van der Waals surface area contributed by atoms with Crippen LogP contribution >= 0.6 is 15.9 Å². The highest BCUT2D eigenvalue weighted by molar-refractivity contribution is 9.10. The van der Waals surface area contributed by atoms with E-state index >= 15 is 0 Å². The van der Waals surface area contributed by atoms with Crippen LogP contribution in [0.3, 0.4) is 0 Å². The van der Waals surface area contributed by atoms with Gasteiger partial charge in [-0.25, -0.2) is 5.01 Å². The van der Waals surface area contributed by atoms with Gasteiger partial charge in [-0.3, -0.25) is 4.90 Å². The molecule has 0 aliphatic carbocycles. The van der Waals surface area contributed by atoms with Gasteiger partial charge in [-0.15, -0.1) is 0 Å². The van der Waals surface area contributed by atoms with Crippen LogP contribution < -0.4 is 9.47 Å². The Kier molecular flexibility index (Phi) is 5.18. The number of fused-ring (bicyclic) bond motifs is 4. The average Bonchev–Trinajstić information content (AvgIpc) is 3.52. The van der Waals surface area contributed by atoms with Crippen molar-refractivity contribution in [3.63, 3.8) is 0 Å². The first-order chi connectivity index (χ1) is 16.1. The van der Waals surface area contributed by atoms with Gasteiger partial charge in [0.2, 0.25) is 5.72 Å². The number of methoxy groups -OCH3 is 1. The zero-order valence-corrected chi connectivity index (χ0v) is 20.1. The highest BCUT2D eigenvalue weighted by Gasteiger charge is 2.53. The van der Waals surface area contributed by atoms with Crippen LogP contribution in [0.1, 0.15) is 42.2 Å². The van der Waals surface area contributed by atoms with Gasteiger partial charge in [0, 0.05) is 48.9 Å². The quantitative estimate of drug-likeness (QED) is 0.460. The van der Waals surface area contributed by atoms with Crippen molar-refractivity contribution in [1.29, 1.82) is 0 Å². The van der Waals surface area contributed by atoms with E-state index in [4.69, 9.17) is 19.0 Å². The summed E-state index contributed by atoms with van der Waals surface area (Å²) in [6.45, 7) is 2.84. The van der Waals surface area contributed by atoms with Crippen molar-refractivity contribution in [3.05, 3.63) is 82.2 Å². The SMILES string of the molecule is COc1cc(Br)cc2c1OC1(CCN(Cc3ccccc3)CC1)N1N=C(c3ccco3)C[C@H]21. The molecule has 3 aliphatic heterocycles. The van der Waals surface area contributed by atoms with Gasteiger partial charge in [-0.2, -0.15) is 5.10 Å². The molecule has 1 spiro atoms. The summed E-state index contributed by atoms with van der Waals surface area (Å²) < 4.78 is 19.2. The van der Waals surface area contributed by atoms with E-state index < -0.39 is 5.72 Å². The normalized spacial score (nSPS) is 21.3. The number of furan rings is 1. The average molecular weight is 508 g/mol. The highest BCUT2D eigenvalue weighted by atomic mass is 79.9. The minimum Gasteiger partial charge on any atom is -0.493 e. The Morgan fingerprint density at radius 2 is 1.94 bits per heavy atom. The molecule has 0 unspecified atom stereocenters. The number of rotatable bonds is 4. The lowest BCUT2D eigenvalue weighted by molar-refractivity contribution is -0.151. The monoisotopic (exact) mass is 507 g/mol. The van der Waals surface area contributed by atoms with Crippen molar-refractivity contribution in [2.75, 3.05) is 20.2 Å². The predicted molar refractivity (Wildman–Crippen MR) is 129 cm³/mol. The minimum atomic E-state index is -0.500. The first kappa shape index (κ1) is 20.8. The number of likely N-dealkylation sites (tertiary alicyclic amines) is 1. The number of piperidine rings is 1. The first-order valence-electron chi connectivity index (χ1n) is 11.4. The number of nitrogens with zero attached hydrogens (tertiary/aromatic N) is 3. The third-order valence-corrected chi connectivity index (χ3v) is 7.40. The summed E-state index contributed by atoms with van der Waals surface area (Å²) in [6.07, 6.45) is 4.21. The predicted octanol–water partition coefficient (Wildman–Crippen LogP) is 5.59. The second-order valence-corrected chi connectivity index (χ2v) is 9.84. The van der Waals surface area contributed by atoms with Crippen molar-refractivity contribution < 1.29 is 13.9 Å². The van der Waals surface area contributed by atoms with E-state index in [-0.39, 0.29) is 6.04 Å². The van der Waals surface area contributed by atoms with Crippen molar-refractivity contribution in [2.45, 2.75) is 37.6 Å². The van der Waals surface area contributed by atoms with Crippen LogP contribution in [0.15, 0.2) is 74.9 Å². The van der Waals surface area contributed by atoms with Crippen LogP contribution in [0.5, 0.6) is 11.5 Å². The summed E-state index contributed by atoms with van der Waals surface area (Å²) in [5.41, 5.74) is 2.91. The number of halogens is 1. The van der Waals surface area contributed by atoms with Crippen molar-refractivity contribution >= 4 is 21.6 Å². The number of hydrogen-bond acceptors (Lipinski definition) is 6. The van der Waals surface area contributed by atoms with E-state index in [2.05, 4.69) is 62.2 Å². The van der Waals surface area contributed by atoms with Crippen molar-refractivity contribution in [3.8, 4) is 11.5 Å². The van der Waals surface area contributed by atoms with Crippen LogP contribution in [0, 0.1) is 0 Å². The standard InChI is InChI=1S/C26H26BrN3O3/c1-31-24-15-19(27)14-20-22-16-21(23-8-5-13-32-23)28-30(22)26(33-25(20)24)9-11-29(12-10-26)17-18-6-3-2-4-7-18/h2-8,13-15,22H,9-12,16-17H2,1H3/t22-/m1/s1. The maximum atomic E-state index is 6.83. The molecular formula is C26H26BrN3O3. The third kappa shape index (κ3) is 3.63. The zero-order valence-electron chi connectivity index (χ0n) is 18.5. The van der Waals surface area contributed by atoms with Crippen LogP contribution in [0.2, 0.25) is 0 Å². The van der Waals surface area contributed by atoms with Gasteiger partial charge in [0.25, 0.3) is 0 Å². The topological polar surface area (TPSA) is 50.4 Å². The summed E-state index contributed by atoms with van der Waals surface area (Å²) in [7, 11) is 1.70. The fourth-order valence-corrected chi connectivity index (χ4v) is 5.74. The molecule has 2 aromatic carbocycles. The maximum absolute atomic E-state index is 6.83. The van der Waals surface area contributed by atoms with E-state index in [9.17, 15) is 0 Å². The Morgan fingerprint density at radius 1 is 1.12 bits per heavy atom. The smallest absolute Gasteiger partial charge is 0.200 e. The zero-order chi connectivity index (χ0) is 22.4. The molecule has 3 aromatic rings. The molecule has 7 heteroatoms. The molecule has 6 nitrogen and oxygen atoms in total. The summed E-state index contributed by atoms with van der Waals surface area (Å²) in [5, 5.41) is 7.29. The lowest BCUT2D eigenvalue weighted by atomic mass is 9.91. The fourth-order valence-electron chi connectivity index (χ4n) is 5.29. The number of hydrogen-bond donors (Lipinski definition) is 0. The third-order valence-electron chi connectivity index (χ3n) is 6.94. The van der Waals surface area contributed by atoms with Gasteiger partial charge in [0.05, 0.1) is 19.4 Å². The van der Waals surface area contributed by atoms with Gasteiger partial charge in [0.1, 0.15) is 11.5 Å². The van der Waals surface area contributed by atoms with E-state index in [0.29, 0.717) is 0 Å². The van der Waals surface area contributed by atoms with Gasteiger partial charge in [-0.1, -0.05) is 46.3 Å². The Bertz CT molecular complexity index is 1170. The molecule has 6 rings (SSSR count). The second kappa shape index (κ2) is 8.22. The molecule has 0 radical (unpaired) electrons. The molecule has 1 fully saturated rings. The Morgan fingerprint density at radius 3 is 2.67 bits per heavy atom. The largest absolute Gasteiger partial charge is 0.493 e. The molecule has 0 N–H and O–H groups in total. The number of ether oxygens (including phenoxy) is 2. The minimum absolute atomic E-state index is 0.0842. The molecule has 3 aliphatic rings. The Labute approximate surface area is 201 Å². The molecule has 0 bridgehead atoms. The van der Waals surface area contributed by atoms with Crippen molar-refractivity contribution in [2.24, 2.45) is 5.10 Å². The Balaban J connectivity index is 1.34. The molecule has 33 heavy (non-hydrogen) atoms. The summed E-state index contributed by atoms with van der Waals surface area (Å²) in [5.74, 6) is 2.43. The molecule has 1 saturated heterocycles. The molecule has 0 amide bonds. The van der Waals surface area contributed by atoms with Gasteiger partial charge >= 0.3 is 0 Å². The van der Waals surface area contributed by atoms with Crippen LogP contribution in [-0.4, -0.2) is 41.5 Å². The summed E-state index contributed by atoms with van der Waals surface area (Å²) in [4.78, 5) is 2.50. The first-order valence-corrected chi connectivity index (χ1v) is 12.2. The van der Waals surface area contributed by atoms with Crippen LogP contribution in [0.4, 0.5) is 0 Å². The fraction of sp³-hybridized carbons (Fsp3) is 0.346. The molecule has 4 heterocycles. The summed E-state index contributed by atoms with van der Waals surface area (Å²) >= 11 is 3.64. The molecule has 0 saturated carbocycles. The second-order valence-electron chi connectivity index (χ2n) is 8.92. The highest BCUT2D eigenvalue weighted by Crippen LogP contribution is 2.53. The lowest BCUT2D eigenvalue weighted by Gasteiger charge is -2.51. The van der Waals surface area contributed by atoms with E-state index in [1.54, 1.807) is 13.4 Å². The van der Waals surface area contributed by atoms with Gasteiger partial charge in [0.15, 0.2) is 11.5 Å². The number of benzene rings is 2. The molecule has 1 aromatic heterocycles. The van der Waals surface area contributed by atoms with E-state index in [1.165, 1.54) is 5.56 Å². The van der Waals surface area contributed by atoms with Crippen molar-refractivity contribution in [1.82, 2.24) is 9.91 Å². The van der Waals surface area contributed by atoms with Gasteiger partial charge < -0.3 is 13.9 Å². The lowest BCUT2D eigenvalue weighted by Crippen LogP contribution is -2.59. The number of hydrazone groups is 1. The van der Waals surface area contributed by atoms with Crippen LogP contribution in [0.25, 0.3) is 0 Å². The maximum Gasteiger partial charge on any atom is 0.200 e.